The molecule has 0 bridgehead atoms. The van der Waals surface area contributed by atoms with Gasteiger partial charge in [0.1, 0.15) is 12.4 Å². The van der Waals surface area contributed by atoms with Gasteiger partial charge in [-0.1, -0.05) is 5.16 Å². The Morgan fingerprint density at radius 3 is 2.73 bits per heavy atom. The molecule has 2 saturated heterocycles. The number of carbonyl (C=O) groups excluding carboxylic acids is 1. The summed E-state index contributed by atoms with van der Waals surface area (Å²) in [5.74, 6) is 1.39. The number of ether oxygens (including phenoxy) is 1. The van der Waals surface area contributed by atoms with Crippen molar-refractivity contribution in [1.29, 1.82) is 0 Å². The van der Waals surface area contributed by atoms with Gasteiger partial charge in [-0.3, -0.25) is 4.79 Å². The Bertz CT molecular complexity index is 755. The second kappa shape index (κ2) is 7.11. The average molecular weight is 357 g/mol. The number of amides is 1. The van der Waals surface area contributed by atoms with Gasteiger partial charge in [-0.05, 0) is 44.6 Å². The highest BCUT2D eigenvalue weighted by Gasteiger charge is 2.45. The summed E-state index contributed by atoms with van der Waals surface area (Å²) in [5.41, 5.74) is 0.836. The highest BCUT2D eigenvalue weighted by Crippen LogP contribution is 2.44. The number of hydrogen-bond acceptors (Lipinski definition) is 7. The molecule has 2 aromatic rings. The minimum absolute atomic E-state index is 0.114. The molecule has 4 rings (SSSR count). The molecule has 8 nitrogen and oxygen atoms in total. The molecule has 0 unspecified atom stereocenters. The first-order chi connectivity index (χ1) is 12.6. The van der Waals surface area contributed by atoms with Crippen molar-refractivity contribution in [3.63, 3.8) is 0 Å². The molecule has 2 aliphatic rings. The SMILES string of the molecule is Cc1noc([C@H]2CCC3(CCN(C(=O)CCc4cncnc4)CC3)O2)n1. The molecule has 1 spiro atoms. The number of aromatic nitrogens is 4. The van der Waals surface area contributed by atoms with Gasteiger partial charge in [0.15, 0.2) is 5.82 Å². The Balaban J connectivity index is 1.28. The maximum atomic E-state index is 12.5. The Kier molecular flexibility index (Phi) is 4.67. The third-order valence-electron chi connectivity index (χ3n) is 5.34. The van der Waals surface area contributed by atoms with Gasteiger partial charge in [0.05, 0.1) is 5.60 Å². The van der Waals surface area contributed by atoms with E-state index in [-0.39, 0.29) is 17.6 Å². The molecule has 8 heteroatoms. The first kappa shape index (κ1) is 17.1. The molecule has 0 radical (unpaired) electrons. The summed E-state index contributed by atoms with van der Waals surface area (Å²) in [4.78, 5) is 26.7. The van der Waals surface area contributed by atoms with Crippen molar-refractivity contribution in [1.82, 2.24) is 25.0 Å². The second-order valence-electron chi connectivity index (χ2n) is 7.14. The van der Waals surface area contributed by atoms with Gasteiger partial charge in [0.25, 0.3) is 5.89 Å². The number of hydrogen-bond donors (Lipinski definition) is 0. The van der Waals surface area contributed by atoms with Crippen LogP contribution in [0, 0.1) is 6.92 Å². The van der Waals surface area contributed by atoms with Gasteiger partial charge >= 0.3 is 0 Å². The minimum Gasteiger partial charge on any atom is -0.362 e. The first-order valence-electron chi connectivity index (χ1n) is 9.13. The van der Waals surface area contributed by atoms with Crippen molar-refractivity contribution in [3.05, 3.63) is 36.0 Å². The number of likely N-dealkylation sites (tertiary alicyclic amines) is 1. The van der Waals surface area contributed by atoms with Crippen LogP contribution in [0.15, 0.2) is 23.2 Å². The molecular formula is C18H23N5O3. The smallest absolute Gasteiger partial charge is 0.255 e. The first-order valence-corrected chi connectivity index (χ1v) is 9.13. The highest BCUT2D eigenvalue weighted by molar-refractivity contribution is 5.76. The summed E-state index contributed by atoms with van der Waals surface area (Å²) in [6.45, 7) is 3.28. The Morgan fingerprint density at radius 1 is 1.27 bits per heavy atom. The topological polar surface area (TPSA) is 94.2 Å². The summed E-state index contributed by atoms with van der Waals surface area (Å²) in [5, 5.41) is 3.85. The number of piperidine rings is 1. The maximum Gasteiger partial charge on any atom is 0.255 e. The molecule has 0 saturated carbocycles. The van der Waals surface area contributed by atoms with E-state index in [9.17, 15) is 4.79 Å². The molecule has 138 valence electrons. The zero-order valence-corrected chi connectivity index (χ0v) is 14.9. The van der Waals surface area contributed by atoms with Crippen molar-refractivity contribution in [2.24, 2.45) is 0 Å². The standard InChI is InChI=1S/C18H23N5O3/c1-13-21-17(26-22-13)15-4-5-18(25-15)6-8-23(9-7-18)16(24)3-2-14-10-19-12-20-11-14/h10-12,15H,2-9H2,1H3/t15-/m1/s1. The highest BCUT2D eigenvalue weighted by atomic mass is 16.5. The van der Waals surface area contributed by atoms with E-state index in [1.807, 2.05) is 11.8 Å². The molecule has 0 aromatic carbocycles. The van der Waals surface area contributed by atoms with E-state index in [1.165, 1.54) is 6.33 Å². The molecule has 26 heavy (non-hydrogen) atoms. The van der Waals surface area contributed by atoms with Crippen molar-refractivity contribution >= 4 is 5.91 Å². The van der Waals surface area contributed by atoms with Crippen molar-refractivity contribution < 1.29 is 14.1 Å². The van der Waals surface area contributed by atoms with E-state index in [0.717, 1.165) is 44.3 Å². The van der Waals surface area contributed by atoms with Gasteiger partial charge in [-0.2, -0.15) is 4.98 Å². The fourth-order valence-corrected chi connectivity index (χ4v) is 3.83. The molecule has 2 aromatic heterocycles. The van der Waals surface area contributed by atoms with Crippen molar-refractivity contribution in [2.75, 3.05) is 13.1 Å². The average Bonchev–Trinajstić information content (AvgIpc) is 3.28. The largest absolute Gasteiger partial charge is 0.362 e. The number of carbonyl (C=O) groups is 1. The Morgan fingerprint density at radius 2 is 2.04 bits per heavy atom. The monoisotopic (exact) mass is 357 g/mol. The lowest BCUT2D eigenvalue weighted by Gasteiger charge is -2.39. The third kappa shape index (κ3) is 3.60. The zero-order chi connectivity index (χ0) is 18.0. The minimum atomic E-state index is -0.156. The van der Waals surface area contributed by atoms with Crippen LogP contribution in [0.25, 0.3) is 0 Å². The Labute approximate surface area is 152 Å². The summed E-state index contributed by atoms with van der Waals surface area (Å²) in [7, 11) is 0. The predicted molar refractivity (Wildman–Crippen MR) is 91.0 cm³/mol. The van der Waals surface area contributed by atoms with Crippen LogP contribution in [0.1, 0.15) is 55.5 Å². The van der Waals surface area contributed by atoms with Crippen molar-refractivity contribution in [2.45, 2.75) is 57.2 Å². The lowest BCUT2D eigenvalue weighted by Crippen LogP contribution is -2.46. The fourth-order valence-electron chi connectivity index (χ4n) is 3.83. The van der Waals surface area contributed by atoms with E-state index in [0.29, 0.717) is 24.6 Å². The zero-order valence-electron chi connectivity index (χ0n) is 14.9. The van der Waals surface area contributed by atoms with Crippen LogP contribution >= 0.6 is 0 Å². The maximum absolute atomic E-state index is 12.5. The fraction of sp³-hybridized carbons (Fsp3) is 0.611. The van der Waals surface area contributed by atoms with Gasteiger partial charge < -0.3 is 14.2 Å². The van der Waals surface area contributed by atoms with Crippen LogP contribution in [0.5, 0.6) is 0 Å². The molecule has 0 N–H and O–H groups in total. The van der Waals surface area contributed by atoms with E-state index >= 15 is 0 Å². The summed E-state index contributed by atoms with van der Waals surface area (Å²) >= 11 is 0. The van der Waals surface area contributed by atoms with E-state index in [2.05, 4.69) is 20.1 Å². The summed E-state index contributed by atoms with van der Waals surface area (Å²) in [6.07, 6.45) is 9.66. The quantitative estimate of drug-likeness (QED) is 0.826. The van der Waals surface area contributed by atoms with Gasteiger partial charge in [-0.15, -0.1) is 0 Å². The number of aryl methyl sites for hydroxylation is 2. The van der Waals surface area contributed by atoms with E-state index in [1.54, 1.807) is 12.4 Å². The molecular weight excluding hydrogens is 334 g/mol. The van der Waals surface area contributed by atoms with Gasteiger partial charge in [-0.25, -0.2) is 9.97 Å². The second-order valence-corrected chi connectivity index (χ2v) is 7.14. The van der Waals surface area contributed by atoms with Crippen LogP contribution in [-0.4, -0.2) is 49.6 Å². The number of nitrogens with zero attached hydrogens (tertiary/aromatic N) is 5. The van der Waals surface area contributed by atoms with Crippen LogP contribution in [-0.2, 0) is 16.0 Å². The lowest BCUT2D eigenvalue weighted by atomic mass is 9.88. The summed E-state index contributed by atoms with van der Waals surface area (Å²) < 4.78 is 11.6. The molecule has 1 atom stereocenters. The van der Waals surface area contributed by atoms with Crippen LogP contribution in [0.2, 0.25) is 0 Å². The lowest BCUT2D eigenvalue weighted by molar-refractivity contribution is -0.138. The van der Waals surface area contributed by atoms with Crippen LogP contribution < -0.4 is 0 Å². The van der Waals surface area contributed by atoms with E-state index < -0.39 is 0 Å². The molecule has 2 aliphatic heterocycles. The number of rotatable bonds is 4. The predicted octanol–water partition coefficient (Wildman–Crippen LogP) is 2.01. The third-order valence-corrected chi connectivity index (χ3v) is 5.34. The summed E-state index contributed by atoms with van der Waals surface area (Å²) in [6, 6.07) is 0. The van der Waals surface area contributed by atoms with E-state index in [4.69, 9.17) is 9.26 Å². The van der Waals surface area contributed by atoms with Crippen LogP contribution in [0.4, 0.5) is 0 Å². The van der Waals surface area contributed by atoms with Gasteiger partial charge in [0, 0.05) is 31.9 Å². The Hall–Kier alpha value is -2.35. The van der Waals surface area contributed by atoms with Crippen molar-refractivity contribution in [3.8, 4) is 0 Å². The van der Waals surface area contributed by atoms with Gasteiger partial charge in [0.2, 0.25) is 5.91 Å². The molecule has 4 heterocycles. The molecule has 1 amide bonds. The van der Waals surface area contributed by atoms with Crippen LogP contribution in [0.3, 0.4) is 0 Å². The normalized spacial score (nSPS) is 22.0. The molecule has 0 aliphatic carbocycles. The molecule has 2 fully saturated rings.